The van der Waals surface area contributed by atoms with E-state index >= 15 is 0 Å². The quantitative estimate of drug-likeness (QED) is 0.156. The molecule has 0 aromatic carbocycles. The average Bonchev–Trinajstić information content (AvgIpc) is 2.46. The Kier molecular flexibility index (Phi) is 12.2. The first kappa shape index (κ1) is 29.9. The predicted octanol–water partition coefficient (Wildman–Crippen LogP) is 4.37. The van der Waals surface area contributed by atoms with Gasteiger partial charge < -0.3 is 26.9 Å². The Bertz CT molecular complexity index is 510. The number of esters is 1. The summed E-state index contributed by atoms with van der Waals surface area (Å²) in [6, 6.07) is 0.687. The Balaban J connectivity index is 4.88. The fourth-order valence-corrected chi connectivity index (χ4v) is 17.2. The summed E-state index contributed by atoms with van der Waals surface area (Å²) < 4.78 is 30.4. The van der Waals surface area contributed by atoms with Crippen LogP contribution in [-0.4, -0.2) is 70.8 Å². The number of hydrogen-bond acceptors (Lipinski definition) is 7. The van der Waals surface area contributed by atoms with Crippen molar-refractivity contribution in [2.75, 3.05) is 19.8 Å². The van der Waals surface area contributed by atoms with Gasteiger partial charge in [0, 0.05) is 18.2 Å². The average molecular weight is 497 g/mol. The lowest BCUT2D eigenvalue weighted by Crippen LogP contribution is -2.60. The van der Waals surface area contributed by atoms with Crippen LogP contribution < -0.4 is 0 Å². The van der Waals surface area contributed by atoms with E-state index in [0.717, 1.165) is 0 Å². The van der Waals surface area contributed by atoms with Crippen molar-refractivity contribution in [2.45, 2.75) is 84.4 Å². The molecule has 178 valence electrons. The van der Waals surface area contributed by atoms with Gasteiger partial charge in [-0.1, -0.05) is 6.58 Å². The zero-order valence-corrected chi connectivity index (χ0v) is 24.7. The molecule has 0 spiro atoms. The number of carbonyl (C=O) groups is 1. The van der Waals surface area contributed by atoms with Crippen LogP contribution in [0.2, 0.25) is 65.0 Å². The first-order chi connectivity index (χ1) is 13.3. The highest BCUT2D eigenvalue weighted by atomic mass is 28.5. The van der Waals surface area contributed by atoms with Gasteiger partial charge in [0.1, 0.15) is 12.7 Å². The van der Waals surface area contributed by atoms with Crippen molar-refractivity contribution < 1.29 is 31.7 Å². The number of rotatable bonds is 15. The number of ether oxygens (including phenoxy) is 2. The number of hydrogen-bond donors (Lipinski definition) is 1. The van der Waals surface area contributed by atoms with Crippen LogP contribution in [0.3, 0.4) is 0 Å². The number of aliphatic hydroxyl groups excluding tert-OH is 1. The molecular formula is C19H44O7Si4. The van der Waals surface area contributed by atoms with E-state index in [1.807, 2.05) is 0 Å². The van der Waals surface area contributed by atoms with E-state index < -0.39 is 45.8 Å². The molecule has 0 aromatic rings. The van der Waals surface area contributed by atoms with Crippen molar-refractivity contribution in [3.05, 3.63) is 12.2 Å². The molecule has 0 saturated heterocycles. The molecule has 11 heteroatoms. The van der Waals surface area contributed by atoms with Crippen molar-refractivity contribution >= 4 is 39.7 Å². The van der Waals surface area contributed by atoms with Crippen LogP contribution in [0.25, 0.3) is 0 Å². The molecule has 1 N–H and O–H groups in total. The normalized spacial score (nSPS) is 14.5. The van der Waals surface area contributed by atoms with Crippen LogP contribution in [0.1, 0.15) is 13.3 Å². The molecule has 1 atom stereocenters. The molecule has 0 radical (unpaired) electrons. The fraction of sp³-hybridized carbons (Fsp3) is 0.842. The lowest BCUT2D eigenvalue weighted by atomic mass is 10.3. The second kappa shape index (κ2) is 12.2. The van der Waals surface area contributed by atoms with E-state index in [-0.39, 0.29) is 13.2 Å². The van der Waals surface area contributed by atoms with E-state index in [1.54, 1.807) is 6.92 Å². The zero-order chi connectivity index (χ0) is 23.8. The first-order valence-corrected chi connectivity index (χ1v) is 22.7. The molecule has 0 aromatic heterocycles. The minimum Gasteiger partial charge on any atom is -0.460 e. The SMILES string of the molecule is C=C(C)C(=O)OCC(O)COCCC[Si](O[Si](C)(C)C)(O[Si](C)(C)C)O[Si](C)(C)C. The summed E-state index contributed by atoms with van der Waals surface area (Å²) >= 11 is 0. The van der Waals surface area contributed by atoms with Gasteiger partial charge >= 0.3 is 14.8 Å². The van der Waals surface area contributed by atoms with Gasteiger partial charge in [0.25, 0.3) is 0 Å². The van der Waals surface area contributed by atoms with Gasteiger partial charge in [0.05, 0.1) is 6.61 Å². The van der Waals surface area contributed by atoms with E-state index in [2.05, 4.69) is 65.5 Å². The van der Waals surface area contributed by atoms with Gasteiger partial charge in [0.15, 0.2) is 25.0 Å². The second-order valence-corrected chi connectivity index (χ2v) is 27.5. The molecule has 0 aliphatic heterocycles. The molecule has 0 amide bonds. The number of aliphatic hydroxyl groups is 1. The molecule has 0 heterocycles. The van der Waals surface area contributed by atoms with Gasteiger partial charge in [-0.25, -0.2) is 4.79 Å². The van der Waals surface area contributed by atoms with Gasteiger partial charge in [-0.2, -0.15) is 0 Å². The van der Waals surface area contributed by atoms with Crippen LogP contribution in [-0.2, 0) is 26.6 Å². The number of carbonyl (C=O) groups excluding carboxylic acids is 1. The van der Waals surface area contributed by atoms with E-state index in [4.69, 9.17) is 21.8 Å². The largest absolute Gasteiger partial charge is 0.469 e. The smallest absolute Gasteiger partial charge is 0.460 e. The topological polar surface area (TPSA) is 83.5 Å². The third kappa shape index (κ3) is 15.6. The van der Waals surface area contributed by atoms with Gasteiger partial charge in [-0.3, -0.25) is 0 Å². The second-order valence-electron chi connectivity index (χ2n) is 10.5. The maximum atomic E-state index is 11.4. The highest BCUT2D eigenvalue weighted by molar-refractivity contribution is 6.90. The summed E-state index contributed by atoms with van der Waals surface area (Å²) in [5.41, 5.74) is 0.302. The fourth-order valence-electron chi connectivity index (χ4n) is 2.57. The Morgan fingerprint density at radius 1 is 0.867 bits per heavy atom. The first-order valence-electron chi connectivity index (χ1n) is 10.5. The van der Waals surface area contributed by atoms with Crippen molar-refractivity contribution in [3.63, 3.8) is 0 Å². The maximum absolute atomic E-state index is 11.4. The van der Waals surface area contributed by atoms with Crippen molar-refractivity contribution in [1.82, 2.24) is 0 Å². The summed E-state index contributed by atoms with van der Waals surface area (Å²) in [5.74, 6) is -0.514. The third-order valence-electron chi connectivity index (χ3n) is 3.22. The van der Waals surface area contributed by atoms with Crippen molar-refractivity contribution in [1.29, 1.82) is 0 Å². The minimum atomic E-state index is -2.86. The summed E-state index contributed by atoms with van der Waals surface area (Å²) in [5, 5.41) is 9.92. The molecule has 0 fully saturated rings. The van der Waals surface area contributed by atoms with Crippen LogP contribution in [0.15, 0.2) is 12.2 Å². The minimum absolute atomic E-state index is 0.0939. The highest BCUT2D eigenvalue weighted by Crippen LogP contribution is 2.29. The molecule has 0 bridgehead atoms. The monoisotopic (exact) mass is 496 g/mol. The summed E-state index contributed by atoms with van der Waals surface area (Å²) in [7, 11) is -8.53. The predicted molar refractivity (Wildman–Crippen MR) is 131 cm³/mol. The molecule has 0 aliphatic rings. The molecule has 0 aliphatic carbocycles. The molecule has 30 heavy (non-hydrogen) atoms. The summed E-state index contributed by atoms with van der Waals surface area (Å²) in [6.45, 7) is 25.0. The molecule has 0 rings (SSSR count). The molecule has 0 saturated carbocycles. The standard InChI is InChI=1S/C19H44O7Si4/c1-17(2)19(21)23-16-18(20)15-22-13-12-14-30(24-27(3,4)5,25-28(6,7)8)26-29(9,10)11/h18,20H,1,12-16H2,2-11H3. The van der Waals surface area contributed by atoms with Crippen molar-refractivity contribution in [3.8, 4) is 0 Å². The maximum Gasteiger partial charge on any atom is 0.469 e. The Labute approximate surface area is 187 Å². The van der Waals surface area contributed by atoms with Crippen LogP contribution >= 0.6 is 0 Å². The molecule has 1 unspecified atom stereocenters. The van der Waals surface area contributed by atoms with Crippen LogP contribution in [0.5, 0.6) is 0 Å². The van der Waals surface area contributed by atoms with E-state index in [9.17, 15) is 9.90 Å². The van der Waals surface area contributed by atoms with Crippen LogP contribution in [0, 0.1) is 0 Å². The Morgan fingerprint density at radius 2 is 1.30 bits per heavy atom. The van der Waals surface area contributed by atoms with Crippen molar-refractivity contribution in [2.24, 2.45) is 0 Å². The summed E-state index contributed by atoms with van der Waals surface area (Å²) in [4.78, 5) is 11.4. The van der Waals surface area contributed by atoms with Crippen LogP contribution in [0.4, 0.5) is 0 Å². The Hall–Kier alpha value is -0.122. The van der Waals surface area contributed by atoms with E-state index in [0.29, 0.717) is 24.6 Å². The Morgan fingerprint density at radius 3 is 1.67 bits per heavy atom. The lowest BCUT2D eigenvalue weighted by Gasteiger charge is -2.42. The highest BCUT2D eigenvalue weighted by Gasteiger charge is 2.49. The zero-order valence-electron chi connectivity index (χ0n) is 20.7. The van der Waals surface area contributed by atoms with Gasteiger partial charge in [0.2, 0.25) is 0 Å². The third-order valence-corrected chi connectivity index (χ3v) is 15.3. The molecular weight excluding hydrogens is 453 g/mol. The lowest BCUT2D eigenvalue weighted by molar-refractivity contribution is -0.143. The van der Waals surface area contributed by atoms with Gasteiger partial charge in [-0.15, -0.1) is 0 Å². The summed E-state index contributed by atoms with van der Waals surface area (Å²) in [6.07, 6.45) is -0.158. The van der Waals surface area contributed by atoms with E-state index in [1.165, 1.54) is 0 Å². The molecule has 7 nitrogen and oxygen atoms in total. The van der Waals surface area contributed by atoms with Gasteiger partial charge in [-0.05, 0) is 72.3 Å².